The van der Waals surface area contributed by atoms with Crippen LogP contribution in [0.5, 0.6) is 0 Å². The zero-order valence-corrected chi connectivity index (χ0v) is 18.5. The Bertz CT molecular complexity index is 1050. The van der Waals surface area contributed by atoms with Gasteiger partial charge in [-0.15, -0.1) is 10.2 Å². The Morgan fingerprint density at radius 1 is 1.28 bits per heavy atom. The van der Waals surface area contributed by atoms with Gasteiger partial charge >= 0.3 is 0 Å². The molecule has 0 aromatic carbocycles. The Morgan fingerprint density at radius 2 is 2.10 bits per heavy atom. The van der Waals surface area contributed by atoms with E-state index in [0.29, 0.717) is 22.2 Å². The van der Waals surface area contributed by atoms with Crippen LogP contribution < -0.4 is 5.56 Å². The topological polar surface area (TPSA) is 106 Å². The van der Waals surface area contributed by atoms with Crippen LogP contribution in [0.4, 0.5) is 0 Å². The van der Waals surface area contributed by atoms with Gasteiger partial charge in [-0.05, 0) is 18.6 Å². The maximum Gasteiger partial charge on any atom is 0.262 e. The Hall–Kier alpha value is -1.72. The number of aromatic amines is 1. The molecule has 11 heteroatoms. The molecule has 0 unspecified atom stereocenters. The van der Waals surface area contributed by atoms with E-state index in [-0.39, 0.29) is 23.5 Å². The fourth-order valence-corrected chi connectivity index (χ4v) is 5.97. The number of nitrogens with one attached hydrogen (secondary N) is 1. The molecule has 3 aromatic rings. The van der Waals surface area contributed by atoms with E-state index in [1.807, 2.05) is 4.68 Å². The zero-order chi connectivity index (χ0) is 20.2. The number of aromatic nitrogens is 6. The molecule has 0 radical (unpaired) electrons. The Morgan fingerprint density at radius 3 is 2.90 bits per heavy atom. The number of carbonyl (C=O) groups is 1. The fourth-order valence-electron chi connectivity index (χ4n) is 3.44. The van der Waals surface area contributed by atoms with Crippen molar-refractivity contribution in [1.82, 2.24) is 29.9 Å². The van der Waals surface area contributed by atoms with Crippen LogP contribution in [0.2, 0.25) is 0 Å². The fraction of sp³-hybridized carbons (Fsp3) is 0.556. The molecule has 0 spiro atoms. The molecule has 154 valence electrons. The molecule has 3 aromatic heterocycles. The number of rotatable bonds is 8. The largest absolute Gasteiger partial charge is 0.301 e. The number of H-pyrrole nitrogens is 1. The number of carbonyl (C=O) groups excluding carboxylic acids is 1. The Labute approximate surface area is 180 Å². The van der Waals surface area contributed by atoms with E-state index in [2.05, 4.69) is 32.2 Å². The van der Waals surface area contributed by atoms with Gasteiger partial charge in [0.15, 0.2) is 15.1 Å². The second-order valence-electron chi connectivity index (χ2n) is 6.89. The molecule has 1 aliphatic carbocycles. The van der Waals surface area contributed by atoms with E-state index in [4.69, 9.17) is 0 Å². The van der Waals surface area contributed by atoms with E-state index in [9.17, 15) is 9.59 Å². The van der Waals surface area contributed by atoms with Crippen molar-refractivity contribution in [1.29, 1.82) is 0 Å². The first-order valence-electron chi connectivity index (χ1n) is 9.71. The van der Waals surface area contributed by atoms with Crippen molar-refractivity contribution in [3.8, 4) is 0 Å². The minimum Gasteiger partial charge on any atom is -0.301 e. The van der Waals surface area contributed by atoms with E-state index < -0.39 is 0 Å². The number of hydrogen-bond donors (Lipinski definition) is 1. The standard InChI is InChI=1S/C18H22N6O2S3/c1-2-27-18-23-22-14(29-18)8-12(25)10-28-17-20-15-13(16(26)21-17)9-19-24(15)11-6-4-3-5-7-11/h9,11H,2-8,10H2,1H3,(H,20,21,26). The summed E-state index contributed by atoms with van der Waals surface area (Å²) in [6.45, 7) is 2.05. The highest BCUT2D eigenvalue weighted by Crippen LogP contribution is 2.29. The highest BCUT2D eigenvalue weighted by atomic mass is 32.2. The van der Waals surface area contributed by atoms with Crippen molar-refractivity contribution in [3.05, 3.63) is 21.6 Å². The highest BCUT2D eigenvalue weighted by molar-refractivity contribution is 8.01. The molecule has 0 aliphatic heterocycles. The summed E-state index contributed by atoms with van der Waals surface area (Å²) in [6, 6.07) is 0.294. The first kappa shape index (κ1) is 20.5. The predicted octanol–water partition coefficient (Wildman–Crippen LogP) is 3.49. The normalized spacial score (nSPS) is 15.2. The highest BCUT2D eigenvalue weighted by Gasteiger charge is 2.20. The smallest absolute Gasteiger partial charge is 0.262 e. The van der Waals surface area contributed by atoms with Crippen molar-refractivity contribution in [2.24, 2.45) is 0 Å². The predicted molar refractivity (Wildman–Crippen MR) is 116 cm³/mol. The van der Waals surface area contributed by atoms with Gasteiger partial charge in [0.2, 0.25) is 0 Å². The van der Waals surface area contributed by atoms with Crippen LogP contribution in [0.1, 0.15) is 50.1 Å². The van der Waals surface area contributed by atoms with Crippen molar-refractivity contribution in [2.45, 2.75) is 61.0 Å². The number of nitrogens with zero attached hydrogens (tertiary/aromatic N) is 5. The van der Waals surface area contributed by atoms with Crippen LogP contribution in [-0.4, -0.2) is 47.2 Å². The van der Waals surface area contributed by atoms with Gasteiger partial charge in [0.05, 0.1) is 24.4 Å². The quantitative estimate of drug-likeness (QED) is 0.411. The summed E-state index contributed by atoms with van der Waals surface area (Å²) in [5, 5.41) is 14.3. The first-order valence-corrected chi connectivity index (χ1v) is 12.5. The van der Waals surface area contributed by atoms with Gasteiger partial charge < -0.3 is 4.98 Å². The van der Waals surface area contributed by atoms with E-state index in [0.717, 1.165) is 27.9 Å². The zero-order valence-electron chi connectivity index (χ0n) is 16.1. The molecule has 1 fully saturated rings. The van der Waals surface area contributed by atoms with Crippen LogP contribution in [0, 0.1) is 0 Å². The Balaban J connectivity index is 1.44. The SMILES string of the molecule is CCSc1nnc(CC(=O)CSc2nc3c(cnn3C3CCCCC3)c(=O)[nH]2)s1. The van der Waals surface area contributed by atoms with Gasteiger partial charge in [-0.1, -0.05) is 61.0 Å². The summed E-state index contributed by atoms with van der Waals surface area (Å²) >= 11 is 4.32. The molecule has 3 heterocycles. The van der Waals surface area contributed by atoms with Gasteiger partial charge in [-0.25, -0.2) is 9.67 Å². The van der Waals surface area contributed by atoms with E-state index >= 15 is 0 Å². The molecule has 0 saturated heterocycles. The molecule has 0 atom stereocenters. The second-order valence-corrected chi connectivity index (χ2v) is 10.4. The Kier molecular flexibility index (Phi) is 6.66. The summed E-state index contributed by atoms with van der Waals surface area (Å²) in [6.07, 6.45) is 7.57. The lowest BCUT2D eigenvalue weighted by atomic mass is 9.96. The first-order chi connectivity index (χ1) is 14.1. The average molecular weight is 451 g/mol. The monoisotopic (exact) mass is 450 g/mol. The summed E-state index contributed by atoms with van der Waals surface area (Å²) in [5.74, 6) is 1.18. The third-order valence-electron chi connectivity index (χ3n) is 4.80. The van der Waals surface area contributed by atoms with Crippen LogP contribution in [0.3, 0.4) is 0 Å². The second kappa shape index (κ2) is 9.40. The number of ketones is 1. The molecule has 29 heavy (non-hydrogen) atoms. The van der Waals surface area contributed by atoms with Crippen LogP contribution in [0.15, 0.2) is 20.5 Å². The van der Waals surface area contributed by atoms with Crippen molar-refractivity contribution < 1.29 is 4.79 Å². The van der Waals surface area contributed by atoms with Crippen LogP contribution in [-0.2, 0) is 11.2 Å². The lowest BCUT2D eigenvalue weighted by Crippen LogP contribution is -2.16. The molecule has 0 bridgehead atoms. The van der Waals surface area contributed by atoms with Gasteiger partial charge in [0, 0.05) is 0 Å². The molecule has 8 nitrogen and oxygen atoms in total. The minimum atomic E-state index is -0.211. The maximum atomic E-state index is 12.4. The van der Waals surface area contributed by atoms with E-state index in [1.165, 1.54) is 42.4 Å². The summed E-state index contributed by atoms with van der Waals surface area (Å²) in [5.41, 5.74) is 0.401. The molecule has 0 amide bonds. The van der Waals surface area contributed by atoms with Crippen LogP contribution >= 0.6 is 34.9 Å². The van der Waals surface area contributed by atoms with Gasteiger partial charge in [0.25, 0.3) is 5.56 Å². The number of Topliss-reactive ketones (excluding diaryl/α,β-unsaturated/α-hetero) is 1. The maximum absolute atomic E-state index is 12.4. The van der Waals surface area contributed by atoms with Crippen molar-refractivity contribution in [3.63, 3.8) is 0 Å². The lowest BCUT2D eigenvalue weighted by Gasteiger charge is -2.22. The summed E-state index contributed by atoms with van der Waals surface area (Å²) in [4.78, 5) is 32.1. The average Bonchev–Trinajstić information content (AvgIpc) is 3.34. The molecule has 4 rings (SSSR count). The van der Waals surface area contributed by atoms with Gasteiger partial charge in [-0.2, -0.15) is 5.10 Å². The van der Waals surface area contributed by atoms with Gasteiger partial charge in [0.1, 0.15) is 16.2 Å². The number of fused-ring (bicyclic) bond motifs is 1. The van der Waals surface area contributed by atoms with Gasteiger partial charge in [-0.3, -0.25) is 9.59 Å². The number of hydrogen-bond acceptors (Lipinski definition) is 9. The third-order valence-corrected chi connectivity index (χ3v) is 7.67. The van der Waals surface area contributed by atoms with Crippen molar-refractivity contribution in [2.75, 3.05) is 11.5 Å². The van der Waals surface area contributed by atoms with Crippen molar-refractivity contribution >= 4 is 51.7 Å². The van der Waals surface area contributed by atoms with Crippen LogP contribution in [0.25, 0.3) is 11.0 Å². The lowest BCUT2D eigenvalue weighted by molar-refractivity contribution is -0.116. The summed E-state index contributed by atoms with van der Waals surface area (Å²) in [7, 11) is 0. The molecular weight excluding hydrogens is 428 g/mol. The molecule has 1 aliphatic rings. The molecule has 1 N–H and O–H groups in total. The third kappa shape index (κ3) is 4.89. The minimum absolute atomic E-state index is 0.0303. The van der Waals surface area contributed by atoms with E-state index in [1.54, 1.807) is 18.0 Å². The summed E-state index contributed by atoms with van der Waals surface area (Å²) < 4.78 is 2.78. The molecular formula is C18H22N6O2S3. The number of thioether (sulfide) groups is 2. The molecule has 1 saturated carbocycles.